The smallest absolute Gasteiger partial charge is 0.258 e. The van der Waals surface area contributed by atoms with Gasteiger partial charge in [0, 0.05) is 24.6 Å². The fourth-order valence-electron chi connectivity index (χ4n) is 2.58. The van der Waals surface area contributed by atoms with Crippen LogP contribution in [0.2, 0.25) is 0 Å². The molecule has 0 aromatic carbocycles. The molecule has 0 saturated carbocycles. The molecule has 4 aromatic rings. The molecule has 0 spiro atoms. The fraction of sp³-hybridized carbons (Fsp3) is 0.176. The van der Waals surface area contributed by atoms with Gasteiger partial charge in [0.1, 0.15) is 5.65 Å². The standard InChI is InChI=1S/C17H15N5OS2/c1-2-21-16(13-6-5-9-24-13)19-20-17(21)25-11-12-10-15(23)22-8-4-3-7-14(22)18-12/h3-10H,2,11H2,1H3. The molecular weight excluding hydrogens is 354 g/mol. The van der Waals surface area contributed by atoms with E-state index in [1.54, 1.807) is 35.4 Å². The largest absolute Gasteiger partial charge is 0.302 e. The van der Waals surface area contributed by atoms with Crippen LogP contribution in [0.3, 0.4) is 0 Å². The van der Waals surface area contributed by atoms with Crippen LogP contribution in [0.4, 0.5) is 0 Å². The van der Waals surface area contributed by atoms with Crippen molar-refractivity contribution in [1.82, 2.24) is 24.1 Å². The van der Waals surface area contributed by atoms with Crippen LogP contribution in [-0.2, 0) is 12.3 Å². The predicted octanol–water partition coefficient (Wildman–Crippen LogP) is 3.33. The molecule has 0 amide bonds. The molecular formula is C17H15N5OS2. The van der Waals surface area contributed by atoms with Crippen LogP contribution in [-0.4, -0.2) is 24.1 Å². The first-order valence-electron chi connectivity index (χ1n) is 7.83. The highest BCUT2D eigenvalue weighted by molar-refractivity contribution is 7.98. The lowest BCUT2D eigenvalue weighted by atomic mass is 10.4. The van der Waals surface area contributed by atoms with Crippen LogP contribution in [0.1, 0.15) is 12.6 Å². The maximum atomic E-state index is 12.2. The van der Waals surface area contributed by atoms with Gasteiger partial charge in [-0.15, -0.1) is 21.5 Å². The van der Waals surface area contributed by atoms with Crippen molar-refractivity contribution in [3.8, 4) is 10.7 Å². The van der Waals surface area contributed by atoms with Crippen molar-refractivity contribution >= 4 is 28.7 Å². The highest BCUT2D eigenvalue weighted by Crippen LogP contribution is 2.28. The predicted molar refractivity (Wildman–Crippen MR) is 100 cm³/mol. The van der Waals surface area contributed by atoms with Gasteiger partial charge in [0.05, 0.1) is 10.6 Å². The van der Waals surface area contributed by atoms with Gasteiger partial charge in [-0.05, 0) is 30.5 Å². The second-order valence-electron chi connectivity index (χ2n) is 5.33. The average molecular weight is 369 g/mol. The van der Waals surface area contributed by atoms with E-state index >= 15 is 0 Å². The third kappa shape index (κ3) is 3.10. The third-order valence-electron chi connectivity index (χ3n) is 3.75. The number of rotatable bonds is 5. The van der Waals surface area contributed by atoms with Crippen LogP contribution in [0.25, 0.3) is 16.3 Å². The zero-order valence-electron chi connectivity index (χ0n) is 13.5. The number of thioether (sulfide) groups is 1. The molecule has 0 aliphatic rings. The number of fused-ring (bicyclic) bond motifs is 1. The molecule has 0 saturated heterocycles. The van der Waals surface area contributed by atoms with E-state index in [2.05, 4.69) is 26.7 Å². The number of hydrogen-bond donors (Lipinski definition) is 0. The Kier molecular flexibility index (Phi) is 4.37. The minimum atomic E-state index is -0.0718. The second-order valence-corrected chi connectivity index (χ2v) is 7.22. The Hall–Kier alpha value is -2.45. The summed E-state index contributed by atoms with van der Waals surface area (Å²) in [5.74, 6) is 1.45. The summed E-state index contributed by atoms with van der Waals surface area (Å²) in [5, 5.41) is 11.5. The van der Waals surface area contributed by atoms with E-state index in [0.29, 0.717) is 11.4 Å². The summed E-state index contributed by atoms with van der Waals surface area (Å²) < 4.78 is 3.63. The average Bonchev–Trinajstić information content (AvgIpc) is 3.29. The van der Waals surface area contributed by atoms with E-state index in [0.717, 1.165) is 28.1 Å². The second kappa shape index (κ2) is 6.81. The molecule has 0 bridgehead atoms. The molecule has 0 unspecified atom stereocenters. The summed E-state index contributed by atoms with van der Waals surface area (Å²) >= 11 is 3.19. The summed E-state index contributed by atoms with van der Waals surface area (Å²) in [6, 6.07) is 11.2. The number of nitrogens with zero attached hydrogens (tertiary/aromatic N) is 5. The van der Waals surface area contributed by atoms with E-state index in [1.165, 1.54) is 4.40 Å². The van der Waals surface area contributed by atoms with Gasteiger partial charge in [0.15, 0.2) is 11.0 Å². The lowest BCUT2D eigenvalue weighted by Crippen LogP contribution is -2.14. The molecule has 25 heavy (non-hydrogen) atoms. The van der Waals surface area contributed by atoms with Gasteiger partial charge in [0.2, 0.25) is 0 Å². The van der Waals surface area contributed by atoms with E-state index in [9.17, 15) is 4.79 Å². The molecule has 4 rings (SSSR count). The quantitative estimate of drug-likeness (QED) is 0.505. The van der Waals surface area contributed by atoms with Crippen LogP contribution in [0.15, 0.2) is 57.9 Å². The maximum absolute atomic E-state index is 12.2. The van der Waals surface area contributed by atoms with E-state index in [4.69, 9.17) is 0 Å². The van der Waals surface area contributed by atoms with E-state index in [-0.39, 0.29) is 5.56 Å². The SMILES string of the molecule is CCn1c(SCc2cc(=O)n3ccccc3n2)nnc1-c1cccs1. The highest BCUT2D eigenvalue weighted by atomic mass is 32.2. The zero-order valence-corrected chi connectivity index (χ0v) is 15.1. The van der Waals surface area contributed by atoms with Gasteiger partial charge in [0.25, 0.3) is 5.56 Å². The normalized spacial score (nSPS) is 11.2. The molecule has 0 atom stereocenters. The summed E-state index contributed by atoms with van der Waals surface area (Å²) in [5.41, 5.74) is 1.32. The van der Waals surface area contributed by atoms with Crippen LogP contribution in [0, 0.1) is 0 Å². The van der Waals surface area contributed by atoms with Crippen LogP contribution >= 0.6 is 23.1 Å². The van der Waals surface area contributed by atoms with Crippen molar-refractivity contribution < 1.29 is 0 Å². The Morgan fingerprint density at radius 3 is 2.92 bits per heavy atom. The third-order valence-corrected chi connectivity index (χ3v) is 5.61. The summed E-state index contributed by atoms with van der Waals surface area (Å²) in [4.78, 5) is 17.8. The van der Waals surface area contributed by atoms with Crippen LogP contribution < -0.4 is 5.56 Å². The van der Waals surface area contributed by atoms with Gasteiger partial charge in [-0.25, -0.2) is 4.98 Å². The Balaban J connectivity index is 1.61. The number of pyridine rings is 1. The van der Waals surface area contributed by atoms with Gasteiger partial charge in [-0.3, -0.25) is 9.20 Å². The monoisotopic (exact) mass is 369 g/mol. The maximum Gasteiger partial charge on any atom is 0.258 e. The van der Waals surface area contributed by atoms with E-state index in [1.807, 2.05) is 35.7 Å². The minimum Gasteiger partial charge on any atom is -0.302 e. The Morgan fingerprint density at radius 2 is 2.12 bits per heavy atom. The summed E-state index contributed by atoms with van der Waals surface area (Å²) in [6.07, 6.45) is 1.72. The first-order valence-corrected chi connectivity index (χ1v) is 9.70. The number of hydrogen-bond acceptors (Lipinski definition) is 6. The molecule has 0 radical (unpaired) electrons. The van der Waals surface area contributed by atoms with E-state index < -0.39 is 0 Å². The van der Waals surface area contributed by atoms with Crippen LogP contribution in [0.5, 0.6) is 0 Å². The molecule has 0 aliphatic heterocycles. The lowest BCUT2D eigenvalue weighted by molar-refractivity contribution is 0.688. The van der Waals surface area contributed by atoms with Gasteiger partial charge < -0.3 is 4.57 Å². The van der Waals surface area contributed by atoms with Crippen molar-refractivity contribution in [3.63, 3.8) is 0 Å². The molecule has 126 valence electrons. The zero-order chi connectivity index (χ0) is 17.2. The van der Waals surface area contributed by atoms with Crippen molar-refractivity contribution in [2.45, 2.75) is 24.4 Å². The Bertz CT molecular complexity index is 1070. The minimum absolute atomic E-state index is 0.0718. The molecule has 0 aliphatic carbocycles. The Labute approximate surface area is 152 Å². The van der Waals surface area contributed by atoms with Gasteiger partial charge in [-0.1, -0.05) is 23.9 Å². The Morgan fingerprint density at radius 1 is 1.20 bits per heavy atom. The van der Waals surface area contributed by atoms with Gasteiger partial charge >= 0.3 is 0 Å². The van der Waals surface area contributed by atoms with Crippen molar-refractivity contribution in [1.29, 1.82) is 0 Å². The van der Waals surface area contributed by atoms with Crippen molar-refractivity contribution in [2.24, 2.45) is 0 Å². The molecule has 6 nitrogen and oxygen atoms in total. The fourth-order valence-corrected chi connectivity index (χ4v) is 4.20. The molecule has 0 fully saturated rings. The van der Waals surface area contributed by atoms with Gasteiger partial charge in [-0.2, -0.15) is 0 Å². The molecule has 4 heterocycles. The number of thiophene rings is 1. The lowest BCUT2D eigenvalue weighted by Gasteiger charge is -2.06. The first kappa shape index (κ1) is 16.0. The molecule has 0 N–H and O–H groups in total. The van der Waals surface area contributed by atoms with Crippen molar-refractivity contribution in [3.05, 3.63) is 64.0 Å². The molecule has 4 aromatic heterocycles. The summed E-state index contributed by atoms with van der Waals surface area (Å²) in [7, 11) is 0. The molecule has 8 heteroatoms. The highest BCUT2D eigenvalue weighted by Gasteiger charge is 2.14. The number of aromatic nitrogens is 5. The topological polar surface area (TPSA) is 65.1 Å². The summed E-state index contributed by atoms with van der Waals surface area (Å²) in [6.45, 7) is 2.86. The first-order chi connectivity index (χ1) is 12.3. The van der Waals surface area contributed by atoms with Crippen molar-refractivity contribution in [2.75, 3.05) is 0 Å².